The van der Waals surface area contributed by atoms with Gasteiger partial charge in [-0.25, -0.2) is 4.98 Å². The Morgan fingerprint density at radius 3 is 2.83 bits per heavy atom. The SMILES string of the molecule is CC[C@H](N)c1cnc(I)cc1C. The summed E-state index contributed by atoms with van der Waals surface area (Å²) in [5.41, 5.74) is 8.31. The normalized spacial score (nSPS) is 13.0. The summed E-state index contributed by atoms with van der Waals surface area (Å²) in [5, 5.41) is 0. The van der Waals surface area contributed by atoms with E-state index < -0.39 is 0 Å². The summed E-state index contributed by atoms with van der Waals surface area (Å²) in [6.07, 6.45) is 2.84. The van der Waals surface area contributed by atoms with E-state index in [0.29, 0.717) is 0 Å². The van der Waals surface area contributed by atoms with Crippen molar-refractivity contribution in [2.24, 2.45) is 5.73 Å². The van der Waals surface area contributed by atoms with E-state index in [2.05, 4.69) is 47.5 Å². The molecule has 0 aliphatic heterocycles. The fourth-order valence-corrected chi connectivity index (χ4v) is 1.75. The highest BCUT2D eigenvalue weighted by molar-refractivity contribution is 14.1. The van der Waals surface area contributed by atoms with E-state index in [4.69, 9.17) is 5.73 Å². The van der Waals surface area contributed by atoms with Gasteiger partial charge < -0.3 is 5.73 Å². The van der Waals surface area contributed by atoms with Crippen molar-refractivity contribution in [2.75, 3.05) is 0 Å². The van der Waals surface area contributed by atoms with E-state index >= 15 is 0 Å². The number of pyridine rings is 1. The predicted molar refractivity (Wildman–Crippen MR) is 58.9 cm³/mol. The molecule has 0 saturated carbocycles. The first-order valence-corrected chi connectivity index (χ1v) is 5.10. The number of aryl methyl sites for hydroxylation is 1. The average molecular weight is 276 g/mol. The lowest BCUT2D eigenvalue weighted by molar-refractivity contribution is 0.689. The van der Waals surface area contributed by atoms with Crippen molar-refractivity contribution in [2.45, 2.75) is 26.3 Å². The lowest BCUT2D eigenvalue weighted by atomic mass is 10.0. The van der Waals surface area contributed by atoms with E-state index in [1.807, 2.05) is 6.20 Å². The molecule has 0 radical (unpaired) electrons. The summed E-state index contributed by atoms with van der Waals surface area (Å²) < 4.78 is 1.03. The van der Waals surface area contributed by atoms with Gasteiger partial charge in [-0.2, -0.15) is 0 Å². The van der Waals surface area contributed by atoms with E-state index in [9.17, 15) is 0 Å². The van der Waals surface area contributed by atoms with Crippen LogP contribution >= 0.6 is 22.6 Å². The fraction of sp³-hybridized carbons (Fsp3) is 0.444. The average Bonchev–Trinajstić information content (AvgIpc) is 2.03. The highest BCUT2D eigenvalue weighted by atomic mass is 127. The molecule has 0 bridgehead atoms. The number of nitrogens with zero attached hydrogens (tertiary/aromatic N) is 1. The van der Waals surface area contributed by atoms with E-state index in [-0.39, 0.29) is 6.04 Å². The zero-order chi connectivity index (χ0) is 9.14. The van der Waals surface area contributed by atoms with Crippen LogP contribution in [0.4, 0.5) is 0 Å². The molecule has 2 nitrogen and oxygen atoms in total. The third kappa shape index (κ3) is 2.17. The maximum atomic E-state index is 5.90. The van der Waals surface area contributed by atoms with Gasteiger partial charge in [0.15, 0.2) is 0 Å². The molecule has 0 aliphatic carbocycles. The van der Waals surface area contributed by atoms with Crippen LogP contribution < -0.4 is 5.73 Å². The molecule has 1 aromatic rings. The smallest absolute Gasteiger partial charge is 0.101 e. The zero-order valence-electron chi connectivity index (χ0n) is 7.34. The van der Waals surface area contributed by atoms with Gasteiger partial charge in [-0.15, -0.1) is 0 Å². The van der Waals surface area contributed by atoms with Crippen molar-refractivity contribution in [3.05, 3.63) is 27.1 Å². The maximum absolute atomic E-state index is 5.90. The Morgan fingerprint density at radius 2 is 2.33 bits per heavy atom. The molecule has 3 heteroatoms. The second kappa shape index (κ2) is 4.18. The summed E-state index contributed by atoms with van der Waals surface area (Å²) in [6.45, 7) is 4.16. The van der Waals surface area contributed by atoms with Gasteiger partial charge >= 0.3 is 0 Å². The second-order valence-corrected chi connectivity index (χ2v) is 3.98. The minimum Gasteiger partial charge on any atom is -0.324 e. The Labute approximate surface area is 86.7 Å². The molecule has 0 spiro atoms. The molecule has 0 unspecified atom stereocenters. The van der Waals surface area contributed by atoms with Crippen molar-refractivity contribution < 1.29 is 0 Å². The van der Waals surface area contributed by atoms with E-state index in [0.717, 1.165) is 15.7 Å². The first kappa shape index (κ1) is 9.92. The van der Waals surface area contributed by atoms with Gasteiger partial charge in [-0.3, -0.25) is 0 Å². The van der Waals surface area contributed by atoms with Gasteiger partial charge in [-0.05, 0) is 53.1 Å². The third-order valence-corrected chi connectivity index (χ3v) is 2.55. The standard InChI is InChI=1S/C9H13IN2/c1-3-8(11)7-5-12-9(10)4-6(7)2/h4-5,8H,3,11H2,1-2H3/t8-/m0/s1. The van der Waals surface area contributed by atoms with Crippen LogP contribution in [-0.4, -0.2) is 4.98 Å². The Morgan fingerprint density at radius 1 is 1.67 bits per heavy atom. The van der Waals surface area contributed by atoms with Crippen molar-refractivity contribution in [3.8, 4) is 0 Å². The van der Waals surface area contributed by atoms with Crippen LogP contribution in [0.25, 0.3) is 0 Å². The lowest BCUT2D eigenvalue weighted by Crippen LogP contribution is -2.10. The minimum absolute atomic E-state index is 0.134. The predicted octanol–water partition coefficient (Wildman–Crippen LogP) is 2.40. The van der Waals surface area contributed by atoms with Gasteiger partial charge in [0.1, 0.15) is 3.70 Å². The summed E-state index contributed by atoms with van der Waals surface area (Å²) >= 11 is 2.21. The first-order chi connectivity index (χ1) is 5.65. The van der Waals surface area contributed by atoms with Gasteiger partial charge in [0.05, 0.1) is 0 Å². The minimum atomic E-state index is 0.134. The van der Waals surface area contributed by atoms with Gasteiger partial charge in [0, 0.05) is 12.2 Å². The molecule has 0 saturated heterocycles. The molecule has 0 aliphatic rings. The Bertz CT molecular complexity index is 273. The van der Waals surface area contributed by atoms with Gasteiger partial charge in [-0.1, -0.05) is 6.92 Å². The Hall–Kier alpha value is -0.160. The monoisotopic (exact) mass is 276 g/mol. The van der Waals surface area contributed by atoms with Gasteiger partial charge in [0.25, 0.3) is 0 Å². The molecule has 2 N–H and O–H groups in total. The van der Waals surface area contributed by atoms with E-state index in [1.54, 1.807) is 0 Å². The number of hydrogen-bond acceptors (Lipinski definition) is 2. The molecule has 1 atom stereocenters. The number of nitrogens with two attached hydrogens (primary N) is 1. The molecule has 66 valence electrons. The van der Waals surface area contributed by atoms with Crippen molar-refractivity contribution in [1.29, 1.82) is 0 Å². The topological polar surface area (TPSA) is 38.9 Å². The number of hydrogen-bond donors (Lipinski definition) is 1. The van der Waals surface area contributed by atoms with Crippen LogP contribution in [0.3, 0.4) is 0 Å². The Kier molecular flexibility index (Phi) is 3.46. The molecule has 1 heterocycles. The van der Waals surface area contributed by atoms with Crippen molar-refractivity contribution in [3.63, 3.8) is 0 Å². The van der Waals surface area contributed by atoms with Crippen LogP contribution in [0, 0.1) is 10.6 Å². The summed E-state index contributed by atoms with van der Waals surface area (Å²) in [6, 6.07) is 2.19. The van der Waals surface area contributed by atoms with Crippen LogP contribution in [0.2, 0.25) is 0 Å². The molecule has 12 heavy (non-hydrogen) atoms. The first-order valence-electron chi connectivity index (χ1n) is 4.02. The lowest BCUT2D eigenvalue weighted by Gasteiger charge is -2.11. The quantitative estimate of drug-likeness (QED) is 0.665. The maximum Gasteiger partial charge on any atom is 0.101 e. The van der Waals surface area contributed by atoms with Crippen LogP contribution in [-0.2, 0) is 0 Å². The molecular weight excluding hydrogens is 263 g/mol. The number of aromatic nitrogens is 1. The number of rotatable bonds is 2. The summed E-state index contributed by atoms with van der Waals surface area (Å²) in [4.78, 5) is 4.22. The van der Waals surface area contributed by atoms with Crippen LogP contribution in [0.15, 0.2) is 12.3 Å². The number of halogens is 1. The van der Waals surface area contributed by atoms with E-state index in [1.165, 1.54) is 5.56 Å². The molecule has 1 rings (SSSR count). The second-order valence-electron chi connectivity index (χ2n) is 2.88. The van der Waals surface area contributed by atoms with Crippen molar-refractivity contribution >= 4 is 22.6 Å². The summed E-state index contributed by atoms with van der Waals surface area (Å²) in [7, 11) is 0. The largest absolute Gasteiger partial charge is 0.324 e. The zero-order valence-corrected chi connectivity index (χ0v) is 9.50. The van der Waals surface area contributed by atoms with Crippen LogP contribution in [0.1, 0.15) is 30.5 Å². The highest BCUT2D eigenvalue weighted by Crippen LogP contribution is 2.18. The third-order valence-electron chi connectivity index (χ3n) is 1.96. The van der Waals surface area contributed by atoms with Crippen molar-refractivity contribution in [1.82, 2.24) is 4.98 Å². The molecule has 0 fully saturated rings. The Balaban J connectivity index is 3.01. The van der Waals surface area contributed by atoms with Gasteiger partial charge in [0.2, 0.25) is 0 Å². The molecule has 1 aromatic heterocycles. The molecular formula is C9H13IN2. The summed E-state index contributed by atoms with van der Waals surface area (Å²) in [5.74, 6) is 0. The molecule has 0 amide bonds. The molecule has 0 aromatic carbocycles. The highest BCUT2D eigenvalue weighted by Gasteiger charge is 2.06. The fourth-order valence-electron chi connectivity index (χ4n) is 1.14. The van der Waals surface area contributed by atoms with Crippen LogP contribution in [0.5, 0.6) is 0 Å².